The number of aryl methyl sites for hydroxylation is 1. The topological polar surface area (TPSA) is 62.5 Å². The molecule has 0 spiro atoms. The molecule has 4 nitrogen and oxygen atoms in total. The van der Waals surface area contributed by atoms with E-state index in [1.54, 1.807) is 27.7 Å². The highest BCUT2D eigenvalue weighted by Gasteiger charge is 2.37. The molecule has 1 aliphatic rings. The van der Waals surface area contributed by atoms with Gasteiger partial charge in [-0.25, -0.2) is 9.37 Å². The van der Waals surface area contributed by atoms with Gasteiger partial charge in [-0.2, -0.15) is 13.2 Å². The number of pyridine rings is 1. The van der Waals surface area contributed by atoms with Gasteiger partial charge in [-0.1, -0.05) is 27.2 Å². The van der Waals surface area contributed by atoms with Crippen LogP contribution < -0.4 is 0 Å². The molecule has 8 heteroatoms. The lowest BCUT2D eigenvalue weighted by Crippen LogP contribution is -2.34. The number of ketones is 1. The molecule has 0 atom stereocenters. The number of halogens is 4. The quantitative estimate of drug-likeness (QED) is 0.286. The van der Waals surface area contributed by atoms with Gasteiger partial charge in [-0.05, 0) is 84.8 Å². The van der Waals surface area contributed by atoms with E-state index in [0.717, 1.165) is 50.3 Å². The van der Waals surface area contributed by atoms with Crippen LogP contribution in [-0.4, -0.2) is 32.9 Å². The Morgan fingerprint density at radius 1 is 1.17 bits per heavy atom. The number of hydrogen-bond acceptors (Lipinski definition) is 4. The van der Waals surface area contributed by atoms with Crippen molar-refractivity contribution in [2.75, 3.05) is 0 Å². The zero-order valence-electron chi connectivity index (χ0n) is 22.7. The van der Waals surface area contributed by atoms with Crippen molar-refractivity contribution in [3.8, 4) is 0 Å². The van der Waals surface area contributed by atoms with Gasteiger partial charge in [0.2, 0.25) is 0 Å². The molecule has 1 aromatic rings. The number of unbranched alkanes of at least 4 members (excludes halogenated alkanes) is 1. The molecule has 1 fully saturated rings. The molecule has 202 valence electrons. The summed E-state index contributed by atoms with van der Waals surface area (Å²) in [5, 5.41) is 9.19. The molecule has 0 saturated heterocycles. The summed E-state index contributed by atoms with van der Waals surface area (Å²) in [6.45, 7) is 14.5. The number of hydrogen-bond donors (Lipinski definition) is 1. The maximum Gasteiger partial charge on any atom is 0.433 e. The summed E-state index contributed by atoms with van der Waals surface area (Å²) >= 11 is 0. The molecule has 1 aromatic heterocycles. The van der Waals surface area contributed by atoms with Crippen LogP contribution in [0.25, 0.3) is 0 Å². The number of nitrogens with zero attached hydrogens (tertiary/aromatic N) is 2. The van der Waals surface area contributed by atoms with E-state index in [0.29, 0.717) is 23.7 Å². The molecule has 2 rings (SSSR count). The van der Waals surface area contributed by atoms with Crippen LogP contribution in [0.4, 0.5) is 23.2 Å². The smallest absolute Gasteiger partial charge is 0.390 e. The van der Waals surface area contributed by atoms with E-state index >= 15 is 0 Å². The van der Waals surface area contributed by atoms with Crippen LogP contribution >= 0.6 is 0 Å². The lowest BCUT2D eigenvalue weighted by Gasteiger charge is -2.36. The number of carbonyl (C=O) groups excluding carboxylic acids is 1. The molecular weight excluding hydrogens is 460 g/mol. The predicted octanol–water partition coefficient (Wildman–Crippen LogP) is 8.35. The fraction of sp³-hybridized carbons (Fsp3) is 0.741. The summed E-state index contributed by atoms with van der Waals surface area (Å²) in [7, 11) is 0. The fourth-order valence-corrected chi connectivity index (χ4v) is 3.77. The van der Waals surface area contributed by atoms with Crippen molar-refractivity contribution in [2.45, 2.75) is 124 Å². The van der Waals surface area contributed by atoms with Gasteiger partial charge in [-0.3, -0.25) is 9.79 Å². The Hall–Kier alpha value is -1.83. The van der Waals surface area contributed by atoms with E-state index in [4.69, 9.17) is 0 Å². The summed E-state index contributed by atoms with van der Waals surface area (Å²) < 4.78 is 49.7. The Morgan fingerprint density at radius 3 is 2.09 bits per heavy atom. The van der Waals surface area contributed by atoms with Crippen LogP contribution in [0.1, 0.15) is 111 Å². The van der Waals surface area contributed by atoms with Crippen LogP contribution in [0.3, 0.4) is 0 Å². The Kier molecular flexibility index (Phi) is 13.9. The van der Waals surface area contributed by atoms with E-state index in [1.807, 2.05) is 13.8 Å². The highest BCUT2D eigenvalue weighted by molar-refractivity contribution is 5.84. The summed E-state index contributed by atoms with van der Waals surface area (Å²) in [5.41, 5.74) is -0.768. The van der Waals surface area contributed by atoms with Crippen LogP contribution in [0.15, 0.2) is 17.1 Å². The second-order valence-corrected chi connectivity index (χ2v) is 10.5. The number of aliphatic hydroxyl groups is 1. The molecule has 0 aromatic carbocycles. The minimum atomic E-state index is -4.40. The standard InChI is InChI=1S/C13H17F3N2.C8H16O2.C6H11F/c1-4-5-6-9(2)17-11-7-8-12(13(14,15)16)18-10(11)3;1-4-5-7(9)6-8(2,3)10;1-5-3-6(2,7)4-5/h7-8H,4-6H2,1-3H3;10H,4-6H2,1-3H3;5H,3-4H2,1-2H3. The third-order valence-corrected chi connectivity index (χ3v) is 5.26. The highest BCUT2D eigenvalue weighted by Crippen LogP contribution is 2.39. The first-order valence-corrected chi connectivity index (χ1v) is 12.4. The van der Waals surface area contributed by atoms with Crippen LogP contribution in [0.5, 0.6) is 0 Å². The Balaban J connectivity index is 0.000000567. The van der Waals surface area contributed by atoms with Crippen molar-refractivity contribution in [3.63, 3.8) is 0 Å². The molecule has 0 unspecified atom stereocenters. The van der Waals surface area contributed by atoms with E-state index in [2.05, 4.69) is 23.8 Å². The monoisotopic (exact) mass is 504 g/mol. The van der Waals surface area contributed by atoms with Crippen molar-refractivity contribution in [1.82, 2.24) is 4.98 Å². The maximum atomic E-state index is 12.5. The SMILES string of the molecule is CC1CC(C)(F)C1.CCCC(=O)CC(C)(C)O.CCCCC(C)=Nc1ccc(C(F)(F)F)nc1C. The molecule has 35 heavy (non-hydrogen) atoms. The average molecular weight is 505 g/mol. The number of aliphatic imine (C=N–C) groups is 1. The van der Waals surface area contributed by atoms with Gasteiger partial charge < -0.3 is 5.11 Å². The number of rotatable bonds is 8. The van der Waals surface area contributed by atoms with Gasteiger partial charge in [0.15, 0.2) is 0 Å². The Labute approximate surface area is 208 Å². The lowest BCUT2D eigenvalue weighted by atomic mass is 9.75. The molecule has 1 N–H and O–H groups in total. The van der Waals surface area contributed by atoms with E-state index in [1.165, 1.54) is 6.07 Å². The second-order valence-electron chi connectivity index (χ2n) is 10.5. The van der Waals surface area contributed by atoms with E-state index in [9.17, 15) is 27.5 Å². The number of carbonyl (C=O) groups is 1. The zero-order chi connectivity index (χ0) is 27.4. The lowest BCUT2D eigenvalue weighted by molar-refractivity contribution is -0.141. The van der Waals surface area contributed by atoms with Crippen molar-refractivity contribution < 1.29 is 27.5 Å². The maximum absolute atomic E-state index is 12.5. The van der Waals surface area contributed by atoms with Crippen molar-refractivity contribution >= 4 is 17.2 Å². The third kappa shape index (κ3) is 15.7. The number of aromatic nitrogens is 1. The molecule has 1 heterocycles. The minimum Gasteiger partial charge on any atom is -0.390 e. The van der Waals surface area contributed by atoms with Crippen molar-refractivity contribution in [2.24, 2.45) is 10.9 Å². The van der Waals surface area contributed by atoms with Crippen LogP contribution in [-0.2, 0) is 11.0 Å². The van der Waals surface area contributed by atoms with Crippen LogP contribution in [0.2, 0.25) is 0 Å². The van der Waals surface area contributed by atoms with Gasteiger partial charge in [-0.15, -0.1) is 0 Å². The largest absolute Gasteiger partial charge is 0.433 e. The van der Waals surface area contributed by atoms with Crippen molar-refractivity contribution in [1.29, 1.82) is 0 Å². The van der Waals surface area contributed by atoms with Gasteiger partial charge in [0, 0.05) is 18.6 Å². The molecule has 0 amide bonds. The second kappa shape index (κ2) is 14.7. The summed E-state index contributed by atoms with van der Waals surface area (Å²) in [6.07, 6.45) is 1.83. The Morgan fingerprint density at radius 2 is 1.74 bits per heavy atom. The molecule has 0 radical (unpaired) electrons. The minimum absolute atomic E-state index is 0.148. The predicted molar refractivity (Wildman–Crippen MR) is 135 cm³/mol. The normalized spacial score (nSPS) is 20.1. The van der Waals surface area contributed by atoms with Gasteiger partial charge in [0.1, 0.15) is 17.1 Å². The average Bonchev–Trinajstić information content (AvgIpc) is 2.65. The molecular formula is C27H44F4N2O2. The molecule has 1 aliphatic carbocycles. The molecule has 0 aliphatic heterocycles. The first-order valence-electron chi connectivity index (χ1n) is 12.4. The van der Waals surface area contributed by atoms with E-state index in [-0.39, 0.29) is 12.2 Å². The van der Waals surface area contributed by atoms with E-state index < -0.39 is 23.1 Å². The van der Waals surface area contributed by atoms with Crippen molar-refractivity contribution in [3.05, 3.63) is 23.5 Å². The van der Waals surface area contributed by atoms with Gasteiger partial charge in [0.25, 0.3) is 0 Å². The van der Waals surface area contributed by atoms with Gasteiger partial charge >= 0.3 is 6.18 Å². The first kappa shape index (κ1) is 33.2. The fourth-order valence-electron chi connectivity index (χ4n) is 3.77. The van der Waals surface area contributed by atoms with Gasteiger partial charge in [0.05, 0.1) is 17.0 Å². The molecule has 0 bridgehead atoms. The third-order valence-electron chi connectivity index (χ3n) is 5.26. The molecule has 1 saturated carbocycles. The zero-order valence-corrected chi connectivity index (χ0v) is 22.7. The number of Topliss-reactive ketones (excluding diaryl/α,β-unsaturated/α-hetero) is 1. The number of alkyl halides is 4. The first-order chi connectivity index (χ1) is 15.9. The highest BCUT2D eigenvalue weighted by atomic mass is 19.4. The summed E-state index contributed by atoms with van der Waals surface area (Å²) in [4.78, 5) is 18.8. The van der Waals surface area contributed by atoms with Crippen LogP contribution in [0, 0.1) is 12.8 Å². The Bertz CT molecular complexity index is 804. The summed E-state index contributed by atoms with van der Waals surface area (Å²) in [6, 6.07) is 2.35. The summed E-state index contributed by atoms with van der Waals surface area (Å²) in [5.74, 6) is 0.782.